The van der Waals surface area contributed by atoms with Crippen molar-refractivity contribution in [1.29, 1.82) is 0 Å². The van der Waals surface area contributed by atoms with Crippen LogP contribution in [-0.4, -0.2) is 36.4 Å². The Bertz CT molecular complexity index is 813. The number of nitrogens with one attached hydrogen (secondary N) is 1. The second-order valence-electron chi connectivity index (χ2n) is 5.60. The van der Waals surface area contributed by atoms with Gasteiger partial charge in [-0.2, -0.15) is 0 Å². The molecule has 1 aromatic heterocycles. The van der Waals surface area contributed by atoms with Crippen molar-refractivity contribution in [3.05, 3.63) is 35.5 Å². The third-order valence-electron chi connectivity index (χ3n) is 3.94. The number of sulfone groups is 1. The molecule has 1 amide bonds. The highest BCUT2D eigenvalue weighted by Gasteiger charge is 2.28. The molecule has 118 valence electrons. The summed E-state index contributed by atoms with van der Waals surface area (Å²) in [5.41, 5.74) is 0.990. The van der Waals surface area contributed by atoms with Crippen LogP contribution < -0.4 is 5.32 Å². The lowest BCUT2D eigenvalue weighted by molar-refractivity contribution is -0.121. The van der Waals surface area contributed by atoms with E-state index in [2.05, 4.69) is 5.32 Å². The minimum absolute atomic E-state index is 0.0563. The van der Waals surface area contributed by atoms with Crippen LogP contribution in [0.25, 0.3) is 10.9 Å². The lowest BCUT2D eigenvalue weighted by atomic mass is 10.2. The normalized spacial score (nSPS) is 20.3. The van der Waals surface area contributed by atoms with Crippen molar-refractivity contribution in [3.63, 3.8) is 0 Å². The number of benzene rings is 1. The van der Waals surface area contributed by atoms with E-state index in [-0.39, 0.29) is 23.5 Å². The average Bonchev–Trinajstić information content (AvgIpc) is 3.01. The van der Waals surface area contributed by atoms with E-state index >= 15 is 0 Å². The zero-order chi connectivity index (χ0) is 15.7. The molecule has 2 heterocycles. The van der Waals surface area contributed by atoms with E-state index in [0.717, 1.165) is 10.9 Å². The molecule has 0 unspecified atom stereocenters. The molecular weight excluding hydrogens is 324 g/mol. The summed E-state index contributed by atoms with van der Waals surface area (Å²) < 4.78 is 24.7. The summed E-state index contributed by atoms with van der Waals surface area (Å²) in [6.45, 7) is 0.537. The van der Waals surface area contributed by atoms with Gasteiger partial charge in [-0.15, -0.1) is 0 Å². The predicted molar refractivity (Wildman–Crippen MR) is 86.8 cm³/mol. The van der Waals surface area contributed by atoms with Crippen molar-refractivity contribution in [3.8, 4) is 0 Å². The molecule has 1 aliphatic heterocycles. The Morgan fingerprint density at radius 3 is 2.91 bits per heavy atom. The van der Waals surface area contributed by atoms with Crippen LogP contribution in [0.15, 0.2) is 30.5 Å². The number of amides is 1. The summed E-state index contributed by atoms with van der Waals surface area (Å²) in [5, 5.41) is 4.45. The summed E-state index contributed by atoms with van der Waals surface area (Å²) in [5.74, 6) is 0.102. The molecule has 0 saturated carbocycles. The van der Waals surface area contributed by atoms with Gasteiger partial charge in [0.05, 0.1) is 11.5 Å². The van der Waals surface area contributed by atoms with Gasteiger partial charge in [-0.25, -0.2) is 8.42 Å². The van der Waals surface area contributed by atoms with Crippen LogP contribution in [-0.2, 0) is 21.2 Å². The number of carbonyl (C=O) groups is 1. The average molecular weight is 341 g/mol. The molecule has 5 nitrogen and oxygen atoms in total. The van der Waals surface area contributed by atoms with E-state index < -0.39 is 9.84 Å². The summed E-state index contributed by atoms with van der Waals surface area (Å²) in [7, 11) is -2.97. The number of rotatable bonds is 4. The van der Waals surface area contributed by atoms with Crippen LogP contribution in [0.4, 0.5) is 0 Å². The van der Waals surface area contributed by atoms with Gasteiger partial charge in [0.1, 0.15) is 0 Å². The van der Waals surface area contributed by atoms with Crippen molar-refractivity contribution in [2.75, 3.05) is 11.5 Å². The van der Waals surface area contributed by atoms with Gasteiger partial charge in [-0.1, -0.05) is 17.7 Å². The number of hydrogen-bond acceptors (Lipinski definition) is 3. The highest BCUT2D eigenvalue weighted by atomic mass is 35.5. The van der Waals surface area contributed by atoms with Gasteiger partial charge in [0, 0.05) is 41.1 Å². The lowest BCUT2D eigenvalue weighted by Crippen LogP contribution is -2.35. The maximum Gasteiger partial charge on any atom is 0.222 e. The third kappa shape index (κ3) is 3.28. The standard InChI is InChI=1S/C15H17ClN2O3S/c16-13-2-1-3-14-12(13)4-7-18(14)8-5-15(19)17-11-6-9-22(20,21)10-11/h1-4,7,11H,5-6,8-10H2,(H,17,19)/t11-/m0/s1. The summed E-state index contributed by atoms with van der Waals surface area (Å²) in [6.07, 6.45) is 2.73. The van der Waals surface area contributed by atoms with Crippen LogP contribution in [0.3, 0.4) is 0 Å². The number of nitrogens with zero attached hydrogens (tertiary/aromatic N) is 1. The largest absolute Gasteiger partial charge is 0.352 e. The summed E-state index contributed by atoms with van der Waals surface area (Å²) in [4.78, 5) is 12.0. The third-order valence-corrected chi connectivity index (χ3v) is 6.04. The van der Waals surface area contributed by atoms with E-state index in [9.17, 15) is 13.2 Å². The molecule has 22 heavy (non-hydrogen) atoms. The molecule has 3 rings (SSSR count). The molecule has 1 aliphatic rings. The zero-order valence-corrected chi connectivity index (χ0v) is 13.5. The molecule has 0 bridgehead atoms. The second kappa shape index (κ2) is 5.93. The SMILES string of the molecule is O=C(CCn1ccc2c(Cl)cccc21)N[C@H]1CCS(=O)(=O)C1. The van der Waals surface area contributed by atoms with Crippen molar-refractivity contribution in [2.24, 2.45) is 0 Å². The Balaban J connectivity index is 1.60. The van der Waals surface area contributed by atoms with Gasteiger partial charge in [-0.05, 0) is 24.6 Å². The Morgan fingerprint density at radius 2 is 2.18 bits per heavy atom. The first-order valence-electron chi connectivity index (χ1n) is 7.18. The predicted octanol–water partition coefficient (Wildman–Crippen LogP) is 1.99. The molecule has 1 aromatic carbocycles. The summed E-state index contributed by atoms with van der Waals surface area (Å²) in [6, 6.07) is 7.36. The van der Waals surface area contributed by atoms with Gasteiger partial charge >= 0.3 is 0 Å². The topological polar surface area (TPSA) is 68.2 Å². The van der Waals surface area contributed by atoms with Crippen LogP contribution >= 0.6 is 11.6 Å². The van der Waals surface area contributed by atoms with Gasteiger partial charge in [0.15, 0.2) is 9.84 Å². The fourth-order valence-corrected chi connectivity index (χ4v) is 4.72. The van der Waals surface area contributed by atoms with Crippen molar-refractivity contribution in [1.82, 2.24) is 9.88 Å². The Morgan fingerprint density at radius 1 is 1.36 bits per heavy atom. The van der Waals surface area contributed by atoms with Crippen LogP contribution in [0.1, 0.15) is 12.8 Å². The minimum atomic E-state index is -2.97. The number of aromatic nitrogens is 1. The van der Waals surface area contributed by atoms with Crippen LogP contribution in [0, 0.1) is 0 Å². The van der Waals surface area contributed by atoms with Crippen molar-refractivity contribution in [2.45, 2.75) is 25.4 Å². The Labute approximate surface area is 134 Å². The summed E-state index contributed by atoms with van der Waals surface area (Å²) >= 11 is 6.12. The Hall–Kier alpha value is -1.53. The molecule has 2 aromatic rings. The smallest absolute Gasteiger partial charge is 0.222 e. The maximum atomic E-state index is 12.0. The van der Waals surface area contributed by atoms with Crippen LogP contribution in [0.5, 0.6) is 0 Å². The first-order valence-corrected chi connectivity index (χ1v) is 9.38. The van der Waals surface area contributed by atoms with Crippen molar-refractivity contribution < 1.29 is 13.2 Å². The first-order chi connectivity index (χ1) is 10.4. The highest BCUT2D eigenvalue weighted by molar-refractivity contribution is 7.91. The van der Waals surface area contributed by atoms with E-state index in [1.54, 1.807) is 0 Å². The van der Waals surface area contributed by atoms with Crippen molar-refractivity contribution >= 4 is 38.2 Å². The van der Waals surface area contributed by atoms with Gasteiger partial charge in [-0.3, -0.25) is 4.79 Å². The number of hydrogen-bond donors (Lipinski definition) is 1. The maximum absolute atomic E-state index is 12.0. The van der Waals surface area contributed by atoms with E-state index in [1.807, 2.05) is 35.0 Å². The molecule has 1 saturated heterocycles. The molecule has 1 N–H and O–H groups in total. The fourth-order valence-electron chi connectivity index (χ4n) is 2.81. The van der Waals surface area contributed by atoms with Gasteiger partial charge in [0.25, 0.3) is 0 Å². The molecular formula is C15H17ClN2O3S. The fraction of sp³-hybridized carbons (Fsp3) is 0.400. The molecule has 0 radical (unpaired) electrons. The zero-order valence-electron chi connectivity index (χ0n) is 12.0. The second-order valence-corrected chi connectivity index (χ2v) is 8.24. The monoisotopic (exact) mass is 340 g/mol. The molecule has 1 atom stereocenters. The van der Waals surface area contributed by atoms with E-state index in [1.165, 1.54) is 0 Å². The van der Waals surface area contributed by atoms with Gasteiger partial charge < -0.3 is 9.88 Å². The van der Waals surface area contributed by atoms with E-state index in [0.29, 0.717) is 24.4 Å². The first kappa shape index (κ1) is 15.4. The highest BCUT2D eigenvalue weighted by Crippen LogP contribution is 2.24. The molecule has 0 aliphatic carbocycles. The number of aryl methyl sites for hydroxylation is 1. The minimum Gasteiger partial charge on any atom is -0.352 e. The van der Waals surface area contributed by atoms with Crippen LogP contribution in [0.2, 0.25) is 5.02 Å². The number of fused-ring (bicyclic) bond motifs is 1. The molecule has 7 heteroatoms. The van der Waals surface area contributed by atoms with Gasteiger partial charge in [0.2, 0.25) is 5.91 Å². The van der Waals surface area contributed by atoms with E-state index in [4.69, 9.17) is 11.6 Å². The molecule has 0 spiro atoms. The molecule has 1 fully saturated rings. The Kier molecular flexibility index (Phi) is 4.14. The lowest BCUT2D eigenvalue weighted by Gasteiger charge is -2.11. The number of halogens is 1. The number of carbonyl (C=O) groups excluding carboxylic acids is 1. The quantitative estimate of drug-likeness (QED) is 0.925.